The summed E-state index contributed by atoms with van der Waals surface area (Å²) in [5.74, 6) is -1.69. The van der Waals surface area contributed by atoms with E-state index in [1.165, 1.54) is 16.8 Å². The number of primary amides is 1. The molecule has 2 amide bonds. The number of nitrogens with zero attached hydrogens (tertiary/aromatic N) is 8. The van der Waals surface area contributed by atoms with Crippen LogP contribution in [-0.2, 0) is 19.3 Å². The molecule has 0 spiro atoms. The summed E-state index contributed by atoms with van der Waals surface area (Å²) in [6, 6.07) is 4.02. The number of alkyl halides is 3. The molecule has 0 atom stereocenters. The lowest BCUT2D eigenvalue weighted by Gasteiger charge is -2.12. The number of carbonyl (C=O) groups excluding carboxylic acids is 2. The molecule has 0 saturated carbocycles. The van der Waals surface area contributed by atoms with Gasteiger partial charge in [0.25, 0.3) is 11.8 Å². The van der Waals surface area contributed by atoms with Crippen molar-refractivity contribution in [2.75, 3.05) is 5.32 Å². The molecule has 17 heteroatoms. The van der Waals surface area contributed by atoms with Crippen molar-refractivity contribution < 1.29 is 22.8 Å². The maximum Gasteiger partial charge on any atom is 0.433 e. The van der Waals surface area contributed by atoms with E-state index in [1.54, 1.807) is 28.6 Å². The van der Waals surface area contributed by atoms with Gasteiger partial charge in [0.1, 0.15) is 21.1 Å². The van der Waals surface area contributed by atoms with Crippen molar-refractivity contribution in [3.05, 3.63) is 63.2 Å². The molecule has 0 aliphatic carbocycles. The number of hydrogen-bond donors (Lipinski definition) is 2. The molecule has 0 saturated heterocycles. The third-order valence-corrected chi connectivity index (χ3v) is 8.66. The highest BCUT2D eigenvalue weighted by molar-refractivity contribution is 9.10. The van der Waals surface area contributed by atoms with Gasteiger partial charge >= 0.3 is 6.18 Å². The summed E-state index contributed by atoms with van der Waals surface area (Å²) in [6.45, 7) is 6.62. The predicted molar refractivity (Wildman–Crippen MR) is 160 cm³/mol. The van der Waals surface area contributed by atoms with Crippen molar-refractivity contribution in [3.63, 3.8) is 0 Å². The van der Waals surface area contributed by atoms with Gasteiger partial charge in [0.15, 0.2) is 11.3 Å². The first kappa shape index (κ1) is 29.4. The van der Waals surface area contributed by atoms with Gasteiger partial charge in [-0.25, -0.2) is 14.5 Å². The van der Waals surface area contributed by atoms with E-state index in [1.807, 2.05) is 20.0 Å². The number of aryl methyl sites for hydroxylation is 2. The number of amides is 2. The van der Waals surface area contributed by atoms with Crippen LogP contribution >= 0.6 is 27.3 Å². The molecule has 6 aromatic rings. The highest BCUT2D eigenvalue weighted by Gasteiger charge is 2.35. The summed E-state index contributed by atoms with van der Waals surface area (Å²) < 4.78 is 47.3. The molecule has 6 heterocycles. The van der Waals surface area contributed by atoms with Crippen molar-refractivity contribution in [1.29, 1.82) is 0 Å². The van der Waals surface area contributed by atoms with Crippen LogP contribution in [0.4, 0.5) is 18.9 Å². The molecule has 0 aromatic carbocycles. The standard InChI is InChI=1S/C27H22BrF3N10O2S/c1-4-39-11-15(28)21(38-39)17-6-7-33-19-9-16(37-41(17)19)25(43)36-22-20-13(14-10-34-40(5-2)12(14)3)8-18(27(29,30)31)35-26(20)44-23(22)24(32)42/h6-11H,4-5H2,1-3H3,(H2,32,42)(H,36,43). The Bertz CT molecular complexity index is 2110. The Hall–Kier alpha value is -4.64. The number of rotatable bonds is 7. The fourth-order valence-corrected chi connectivity index (χ4v) is 6.40. The molecule has 12 nitrogen and oxygen atoms in total. The van der Waals surface area contributed by atoms with Crippen molar-refractivity contribution in [2.45, 2.75) is 40.0 Å². The smallest absolute Gasteiger partial charge is 0.365 e. The van der Waals surface area contributed by atoms with Gasteiger partial charge in [-0.1, -0.05) is 0 Å². The number of anilines is 1. The van der Waals surface area contributed by atoms with Gasteiger partial charge in [-0.2, -0.15) is 28.5 Å². The van der Waals surface area contributed by atoms with E-state index in [0.29, 0.717) is 57.2 Å². The summed E-state index contributed by atoms with van der Waals surface area (Å²) in [7, 11) is 0. The van der Waals surface area contributed by atoms with Gasteiger partial charge in [-0.3, -0.25) is 19.0 Å². The van der Waals surface area contributed by atoms with Gasteiger partial charge < -0.3 is 11.1 Å². The van der Waals surface area contributed by atoms with E-state index in [2.05, 4.69) is 46.5 Å². The normalized spacial score (nSPS) is 12.0. The third-order valence-electron chi connectivity index (χ3n) is 6.98. The van der Waals surface area contributed by atoms with E-state index in [4.69, 9.17) is 5.73 Å². The predicted octanol–water partition coefficient (Wildman–Crippen LogP) is 5.55. The van der Waals surface area contributed by atoms with Crippen LogP contribution in [0.15, 0.2) is 41.3 Å². The molecule has 0 aliphatic rings. The maximum absolute atomic E-state index is 13.9. The van der Waals surface area contributed by atoms with Crippen molar-refractivity contribution in [3.8, 4) is 22.5 Å². The quantitative estimate of drug-likeness (QED) is 0.224. The number of nitrogens with two attached hydrogens (primary N) is 1. The second-order valence-corrected chi connectivity index (χ2v) is 11.5. The lowest BCUT2D eigenvalue weighted by atomic mass is 10.0. The van der Waals surface area contributed by atoms with Crippen LogP contribution < -0.4 is 11.1 Å². The highest BCUT2D eigenvalue weighted by atomic mass is 79.9. The Labute approximate surface area is 258 Å². The minimum absolute atomic E-state index is 0.0674. The highest BCUT2D eigenvalue weighted by Crippen LogP contribution is 2.44. The van der Waals surface area contributed by atoms with Gasteiger partial charge in [0.2, 0.25) is 0 Å². The number of hydrogen-bond acceptors (Lipinski definition) is 8. The fourth-order valence-electron chi connectivity index (χ4n) is 4.87. The zero-order valence-electron chi connectivity index (χ0n) is 23.3. The largest absolute Gasteiger partial charge is 0.433 e. The lowest BCUT2D eigenvalue weighted by molar-refractivity contribution is -0.140. The molecule has 0 unspecified atom stereocenters. The van der Waals surface area contributed by atoms with Crippen LogP contribution in [0.3, 0.4) is 0 Å². The first-order valence-corrected chi connectivity index (χ1v) is 14.8. The van der Waals surface area contributed by atoms with Crippen LogP contribution in [0.25, 0.3) is 38.4 Å². The van der Waals surface area contributed by atoms with E-state index in [-0.39, 0.29) is 32.0 Å². The summed E-state index contributed by atoms with van der Waals surface area (Å²) in [4.78, 5) is 34.0. The van der Waals surface area contributed by atoms with E-state index >= 15 is 0 Å². The maximum atomic E-state index is 13.9. The average Bonchev–Trinajstić information content (AvgIpc) is 3.75. The number of halogens is 4. The van der Waals surface area contributed by atoms with E-state index in [9.17, 15) is 22.8 Å². The minimum atomic E-state index is -4.78. The molecule has 3 N–H and O–H groups in total. The van der Waals surface area contributed by atoms with Gasteiger partial charge in [0, 0.05) is 48.2 Å². The molecule has 44 heavy (non-hydrogen) atoms. The Kier molecular flexibility index (Phi) is 7.23. The second-order valence-electron chi connectivity index (χ2n) is 9.63. The zero-order valence-corrected chi connectivity index (χ0v) is 25.7. The Balaban J connectivity index is 1.50. The first-order valence-electron chi connectivity index (χ1n) is 13.2. The molecular weight excluding hydrogens is 665 g/mol. The van der Waals surface area contributed by atoms with Gasteiger partial charge in [-0.15, -0.1) is 11.3 Å². The number of nitrogens with one attached hydrogen (secondary N) is 1. The SMILES string of the molecule is CCn1cc(Br)c(-c2ccnc3cc(C(=O)Nc4c(C(N)=O)sc5nc(C(F)(F)F)cc(-c6cnn(CC)c6C)c45)nn23)n1. The van der Waals surface area contributed by atoms with Crippen molar-refractivity contribution in [2.24, 2.45) is 5.73 Å². The van der Waals surface area contributed by atoms with Crippen LogP contribution in [0.5, 0.6) is 0 Å². The zero-order chi connectivity index (χ0) is 31.5. The van der Waals surface area contributed by atoms with Crippen LogP contribution in [0, 0.1) is 6.92 Å². The van der Waals surface area contributed by atoms with Crippen LogP contribution in [0.2, 0.25) is 0 Å². The summed E-state index contributed by atoms with van der Waals surface area (Å²) >= 11 is 4.16. The minimum Gasteiger partial charge on any atom is -0.365 e. The van der Waals surface area contributed by atoms with Crippen molar-refractivity contribution in [1.82, 2.24) is 39.1 Å². The fraction of sp³-hybridized carbons (Fsp3) is 0.222. The second kappa shape index (κ2) is 10.8. The van der Waals surface area contributed by atoms with Crippen molar-refractivity contribution >= 4 is 60.6 Å². The molecular formula is C27H22BrF3N10O2S. The van der Waals surface area contributed by atoms with E-state index in [0.717, 1.165) is 6.07 Å². The molecule has 0 radical (unpaired) electrons. The number of pyridine rings is 1. The Morgan fingerprint density at radius 2 is 1.91 bits per heavy atom. The molecule has 226 valence electrons. The third kappa shape index (κ3) is 4.90. The Morgan fingerprint density at radius 1 is 1.14 bits per heavy atom. The summed E-state index contributed by atoms with van der Waals surface area (Å²) in [5, 5.41) is 16.0. The molecule has 0 fully saturated rings. The number of thiophene rings is 1. The molecule has 0 bridgehead atoms. The summed E-state index contributed by atoms with van der Waals surface area (Å²) in [6.07, 6.45) is 0.0286. The Morgan fingerprint density at radius 3 is 2.55 bits per heavy atom. The number of aromatic nitrogens is 8. The van der Waals surface area contributed by atoms with Gasteiger partial charge in [0.05, 0.1) is 22.1 Å². The van der Waals surface area contributed by atoms with E-state index < -0.39 is 23.7 Å². The number of fused-ring (bicyclic) bond motifs is 2. The molecule has 6 aromatic heterocycles. The topological polar surface area (TPSA) is 151 Å². The lowest BCUT2D eigenvalue weighted by Crippen LogP contribution is -2.17. The first-order chi connectivity index (χ1) is 20.9. The number of carbonyl (C=O) groups is 2. The molecule has 0 aliphatic heterocycles. The monoisotopic (exact) mass is 686 g/mol. The summed E-state index contributed by atoms with van der Waals surface area (Å²) in [5.41, 5.74) is 6.89. The van der Waals surface area contributed by atoms with Crippen LogP contribution in [0.1, 0.15) is 45.4 Å². The average molecular weight is 688 g/mol. The molecule has 6 rings (SSSR count). The van der Waals surface area contributed by atoms with Crippen LogP contribution in [-0.4, -0.2) is 51.0 Å². The van der Waals surface area contributed by atoms with Gasteiger partial charge in [-0.05, 0) is 54.4 Å².